The molecule has 0 bridgehead atoms. The lowest BCUT2D eigenvalue weighted by Crippen LogP contribution is -2.07. The zero-order valence-electron chi connectivity index (χ0n) is 25.7. The number of hydrogen-bond acceptors (Lipinski definition) is 8. The van der Waals surface area contributed by atoms with Crippen LogP contribution in [0.1, 0.15) is 56.1 Å². The third kappa shape index (κ3) is 9.20. The highest BCUT2D eigenvalue weighted by Crippen LogP contribution is 2.38. The third-order valence-corrected chi connectivity index (χ3v) is 7.71. The topological polar surface area (TPSA) is 137 Å². The number of fused-ring (bicyclic) bond motifs is 1. The molecule has 10 heteroatoms. The summed E-state index contributed by atoms with van der Waals surface area (Å²) in [7, 11) is 0. The predicted octanol–water partition coefficient (Wildman–Crippen LogP) is 6.98. The van der Waals surface area contributed by atoms with Crippen molar-refractivity contribution in [3.63, 3.8) is 0 Å². The third-order valence-electron chi connectivity index (χ3n) is 7.71. The maximum atomic E-state index is 11.3. The fourth-order valence-electron chi connectivity index (χ4n) is 5.40. The van der Waals surface area contributed by atoms with Crippen molar-refractivity contribution < 1.29 is 38.7 Å². The fourth-order valence-corrected chi connectivity index (χ4v) is 5.40. The van der Waals surface area contributed by atoms with Crippen LogP contribution < -0.4 is 18.9 Å². The number of hydrogen-bond donors (Lipinski definition) is 2. The number of carboxylic acids is 2. The van der Waals surface area contributed by atoms with Gasteiger partial charge < -0.3 is 29.2 Å². The second-order valence-electron chi connectivity index (χ2n) is 11.1. The highest BCUT2D eigenvalue weighted by atomic mass is 16.7. The van der Waals surface area contributed by atoms with Crippen LogP contribution in [-0.4, -0.2) is 52.1 Å². The SMILES string of the molecule is O=C(O)CCCOc1cccc(CCCCCCOc2cc(-c3ccc4c(c3)OCO4)cc(-c3ccncn3)c2)c1CCC(=O)O. The first-order valence-electron chi connectivity index (χ1n) is 15.6. The molecule has 0 unspecified atom stereocenters. The summed E-state index contributed by atoms with van der Waals surface area (Å²) in [6.45, 7) is 1.06. The van der Waals surface area contributed by atoms with E-state index in [2.05, 4.69) is 16.0 Å². The van der Waals surface area contributed by atoms with Crippen molar-refractivity contribution in [3.05, 3.63) is 84.3 Å². The number of carboxylic acid groups (broad SMARTS) is 2. The Morgan fingerprint density at radius 1 is 0.739 bits per heavy atom. The van der Waals surface area contributed by atoms with Gasteiger partial charge in [0.2, 0.25) is 6.79 Å². The van der Waals surface area contributed by atoms with Gasteiger partial charge in [-0.15, -0.1) is 0 Å². The number of rotatable bonds is 18. The van der Waals surface area contributed by atoms with E-state index in [-0.39, 0.29) is 26.2 Å². The quantitative estimate of drug-likeness (QED) is 0.111. The molecule has 0 spiro atoms. The maximum Gasteiger partial charge on any atom is 0.303 e. The molecule has 1 aliphatic heterocycles. The second-order valence-corrected chi connectivity index (χ2v) is 11.1. The van der Waals surface area contributed by atoms with E-state index in [0.717, 1.165) is 82.9 Å². The Hall–Kier alpha value is -5.12. The van der Waals surface area contributed by atoms with Gasteiger partial charge in [0, 0.05) is 24.6 Å². The molecule has 0 aliphatic carbocycles. The average Bonchev–Trinajstić information content (AvgIpc) is 3.54. The Balaban J connectivity index is 1.15. The van der Waals surface area contributed by atoms with Crippen LogP contribution in [-0.2, 0) is 22.4 Å². The minimum Gasteiger partial charge on any atom is -0.494 e. The van der Waals surface area contributed by atoms with Crippen LogP contribution in [0.5, 0.6) is 23.0 Å². The van der Waals surface area contributed by atoms with E-state index in [4.69, 9.17) is 24.1 Å². The summed E-state index contributed by atoms with van der Waals surface area (Å²) >= 11 is 0. The van der Waals surface area contributed by atoms with Crippen LogP contribution in [0.3, 0.4) is 0 Å². The Labute approximate surface area is 268 Å². The lowest BCUT2D eigenvalue weighted by atomic mass is 9.97. The Bertz CT molecular complexity index is 1630. The molecule has 1 aliphatic rings. The van der Waals surface area contributed by atoms with Crippen LogP contribution in [0, 0.1) is 0 Å². The number of aromatic nitrogens is 2. The smallest absolute Gasteiger partial charge is 0.303 e. The molecule has 0 amide bonds. The molecule has 0 radical (unpaired) electrons. The van der Waals surface area contributed by atoms with Gasteiger partial charge in [0.25, 0.3) is 0 Å². The Morgan fingerprint density at radius 3 is 2.37 bits per heavy atom. The first-order chi connectivity index (χ1) is 22.5. The number of unbranched alkanes of at least 4 members (excludes halogenated alkanes) is 3. The van der Waals surface area contributed by atoms with E-state index in [9.17, 15) is 14.7 Å². The van der Waals surface area contributed by atoms with E-state index in [1.165, 1.54) is 6.33 Å². The number of aryl methyl sites for hydroxylation is 1. The van der Waals surface area contributed by atoms with Crippen LogP contribution in [0.25, 0.3) is 22.4 Å². The summed E-state index contributed by atoms with van der Waals surface area (Å²) in [5, 5.41) is 18.1. The fraction of sp³-hybridized carbons (Fsp3) is 0.333. The summed E-state index contributed by atoms with van der Waals surface area (Å²) in [6, 6.07) is 19.6. The van der Waals surface area contributed by atoms with Crippen molar-refractivity contribution in [1.29, 1.82) is 0 Å². The molecule has 4 aromatic rings. The summed E-state index contributed by atoms with van der Waals surface area (Å²) in [4.78, 5) is 30.6. The zero-order valence-corrected chi connectivity index (χ0v) is 25.7. The number of nitrogens with zero attached hydrogens (tertiary/aromatic N) is 2. The van der Waals surface area contributed by atoms with Gasteiger partial charge in [-0.2, -0.15) is 0 Å². The molecule has 0 saturated carbocycles. The van der Waals surface area contributed by atoms with Crippen molar-refractivity contribution in [2.45, 2.75) is 57.8 Å². The Morgan fingerprint density at radius 2 is 1.54 bits per heavy atom. The van der Waals surface area contributed by atoms with Crippen LogP contribution in [0.15, 0.2) is 73.2 Å². The van der Waals surface area contributed by atoms with Gasteiger partial charge in [-0.25, -0.2) is 9.97 Å². The molecule has 2 heterocycles. The largest absolute Gasteiger partial charge is 0.494 e. The van der Waals surface area contributed by atoms with Crippen LogP contribution in [0.2, 0.25) is 0 Å². The molecule has 0 atom stereocenters. The number of benzene rings is 3. The summed E-state index contributed by atoms with van der Waals surface area (Å²) in [5.41, 5.74) is 5.68. The van der Waals surface area contributed by atoms with E-state index in [1.807, 2.05) is 54.6 Å². The van der Waals surface area contributed by atoms with E-state index in [1.54, 1.807) is 6.20 Å². The standard InChI is InChI=1S/C36H38N2O8/c39-35(40)10-6-18-44-32-9-5-8-25(30(32)12-14-36(41)42)7-3-1-2-4-17-43-29-20-27(19-28(21-29)31-15-16-37-23-38-31)26-11-13-33-34(22-26)46-24-45-33/h5,8-9,11,13,15-16,19-23H,1-4,6-7,10,12,14,17-18,24H2,(H,39,40)(H,41,42). The van der Waals surface area contributed by atoms with Crippen molar-refractivity contribution in [1.82, 2.24) is 9.97 Å². The van der Waals surface area contributed by atoms with Gasteiger partial charge in [-0.05, 0) is 96.8 Å². The van der Waals surface area contributed by atoms with Crippen molar-refractivity contribution in [2.75, 3.05) is 20.0 Å². The average molecular weight is 627 g/mol. The molecular weight excluding hydrogens is 588 g/mol. The van der Waals surface area contributed by atoms with E-state index < -0.39 is 11.9 Å². The monoisotopic (exact) mass is 626 g/mol. The van der Waals surface area contributed by atoms with E-state index >= 15 is 0 Å². The van der Waals surface area contributed by atoms with Crippen molar-refractivity contribution in [3.8, 4) is 45.4 Å². The molecule has 2 N–H and O–H groups in total. The zero-order chi connectivity index (χ0) is 32.1. The highest BCUT2D eigenvalue weighted by Gasteiger charge is 2.16. The van der Waals surface area contributed by atoms with Gasteiger partial charge in [0.1, 0.15) is 17.8 Å². The number of aliphatic carboxylic acids is 2. The highest BCUT2D eigenvalue weighted by molar-refractivity contribution is 5.75. The molecule has 0 fully saturated rings. The van der Waals surface area contributed by atoms with Gasteiger partial charge in [-0.1, -0.05) is 31.0 Å². The summed E-state index contributed by atoms with van der Waals surface area (Å²) < 4.78 is 23.2. The van der Waals surface area contributed by atoms with Gasteiger partial charge in [0.15, 0.2) is 11.5 Å². The lowest BCUT2D eigenvalue weighted by Gasteiger charge is -2.15. The molecular formula is C36H38N2O8. The number of ether oxygens (including phenoxy) is 4. The molecule has 0 saturated heterocycles. The minimum absolute atomic E-state index is 0.00857. The number of carbonyl (C=O) groups is 2. The summed E-state index contributed by atoms with van der Waals surface area (Å²) in [6.07, 6.45) is 8.67. The lowest BCUT2D eigenvalue weighted by molar-refractivity contribution is -0.138. The van der Waals surface area contributed by atoms with Gasteiger partial charge in [-0.3, -0.25) is 9.59 Å². The minimum atomic E-state index is -0.865. The Kier molecular flexibility index (Phi) is 11.4. The predicted molar refractivity (Wildman–Crippen MR) is 171 cm³/mol. The molecule has 240 valence electrons. The molecule has 1 aromatic heterocycles. The van der Waals surface area contributed by atoms with Crippen LogP contribution in [0.4, 0.5) is 0 Å². The van der Waals surface area contributed by atoms with E-state index in [0.29, 0.717) is 25.2 Å². The first-order valence-corrected chi connectivity index (χ1v) is 15.6. The van der Waals surface area contributed by atoms with Crippen molar-refractivity contribution >= 4 is 11.9 Å². The molecule has 46 heavy (non-hydrogen) atoms. The summed E-state index contributed by atoms with van der Waals surface area (Å²) in [5.74, 6) is 1.12. The van der Waals surface area contributed by atoms with Crippen molar-refractivity contribution in [2.24, 2.45) is 0 Å². The van der Waals surface area contributed by atoms with Crippen LogP contribution >= 0.6 is 0 Å². The molecule has 5 rings (SSSR count). The normalized spacial score (nSPS) is 11.7. The second kappa shape index (κ2) is 16.3. The molecule has 3 aromatic carbocycles. The first kappa shape index (κ1) is 32.3. The van der Waals surface area contributed by atoms with Gasteiger partial charge in [0.05, 0.1) is 18.9 Å². The molecule has 10 nitrogen and oxygen atoms in total. The maximum absolute atomic E-state index is 11.3. The van der Waals surface area contributed by atoms with Gasteiger partial charge >= 0.3 is 11.9 Å².